The molecule has 0 aromatic heterocycles. The molecule has 0 aliphatic heterocycles. The molecule has 138 valence electrons. The van der Waals surface area contributed by atoms with Gasteiger partial charge in [0, 0.05) is 0 Å². The second kappa shape index (κ2) is 18.3. The van der Waals surface area contributed by atoms with E-state index in [4.69, 9.17) is 0 Å². The van der Waals surface area contributed by atoms with Crippen LogP contribution in [0.3, 0.4) is 0 Å². The van der Waals surface area contributed by atoms with E-state index in [0.717, 1.165) is 24.7 Å². The molecule has 0 rings (SSSR count). The molecular weight excluding hydrogens is 288 g/mol. The van der Waals surface area contributed by atoms with E-state index < -0.39 is 0 Å². The Morgan fingerprint density at radius 3 is 1.17 bits per heavy atom. The molecule has 0 aromatic rings. The van der Waals surface area contributed by atoms with Crippen molar-refractivity contribution >= 4 is 0 Å². The number of hydrogen-bond acceptors (Lipinski definition) is 0. The quantitative estimate of drug-likeness (QED) is 0.209. The van der Waals surface area contributed by atoms with Gasteiger partial charge in [0.25, 0.3) is 0 Å². The molecule has 0 aromatic carbocycles. The summed E-state index contributed by atoms with van der Waals surface area (Å²) in [6, 6.07) is 0. The van der Waals surface area contributed by atoms with Crippen molar-refractivity contribution in [2.45, 2.75) is 91.9 Å². The van der Waals surface area contributed by atoms with Crippen LogP contribution in [0.15, 0.2) is 48.6 Å². The molecule has 0 saturated heterocycles. The maximum Gasteiger partial charge on any atom is -0.0316 e. The summed E-state index contributed by atoms with van der Waals surface area (Å²) in [7, 11) is 0. The van der Waals surface area contributed by atoms with E-state index in [1.807, 2.05) is 0 Å². The largest absolute Gasteiger partial charge is 0.0888 e. The van der Waals surface area contributed by atoms with Crippen LogP contribution in [-0.4, -0.2) is 0 Å². The summed E-state index contributed by atoms with van der Waals surface area (Å²) in [6.07, 6.45) is 30.9. The van der Waals surface area contributed by atoms with E-state index >= 15 is 0 Å². The molecule has 24 heavy (non-hydrogen) atoms. The van der Waals surface area contributed by atoms with Gasteiger partial charge in [-0.3, -0.25) is 0 Å². The maximum atomic E-state index is 2.39. The Labute approximate surface area is 152 Å². The Bertz CT molecular complexity index is 322. The molecule has 0 spiro atoms. The molecule has 0 heterocycles. The van der Waals surface area contributed by atoms with Crippen LogP contribution in [0.4, 0.5) is 0 Å². The highest BCUT2D eigenvalue weighted by molar-refractivity contribution is 4.89. The van der Waals surface area contributed by atoms with Crippen LogP contribution in [0.5, 0.6) is 0 Å². The predicted molar refractivity (Wildman–Crippen MR) is 112 cm³/mol. The molecule has 0 atom stereocenters. The molecule has 0 nitrogen and oxygen atoms in total. The third kappa shape index (κ3) is 15.8. The van der Waals surface area contributed by atoms with Crippen molar-refractivity contribution in [2.24, 2.45) is 11.8 Å². The lowest BCUT2D eigenvalue weighted by Gasteiger charge is -2.19. The van der Waals surface area contributed by atoms with Gasteiger partial charge in [0.05, 0.1) is 0 Å². The zero-order valence-electron chi connectivity index (χ0n) is 16.8. The number of unbranched alkanes of at least 4 members (excludes halogenated alkanes) is 2. The fraction of sp³-hybridized carbons (Fsp3) is 0.667. The zero-order chi connectivity index (χ0) is 17.9. The number of allylic oxidation sites excluding steroid dienone is 8. The van der Waals surface area contributed by atoms with E-state index in [1.165, 1.54) is 51.4 Å². The van der Waals surface area contributed by atoms with Gasteiger partial charge in [-0.25, -0.2) is 0 Å². The summed E-state index contributed by atoms with van der Waals surface area (Å²) in [6.45, 7) is 9.14. The molecule has 0 heteroatoms. The first kappa shape index (κ1) is 23.0. The first-order chi connectivity index (χ1) is 11.7. The van der Waals surface area contributed by atoms with Gasteiger partial charge in [0.1, 0.15) is 0 Å². The first-order valence-electron chi connectivity index (χ1n) is 10.3. The highest BCUT2D eigenvalue weighted by Gasteiger charge is 2.11. The monoisotopic (exact) mass is 330 g/mol. The van der Waals surface area contributed by atoms with Gasteiger partial charge in [-0.05, 0) is 76.0 Å². The average Bonchev–Trinajstić information content (AvgIpc) is 2.57. The second-order valence-corrected chi connectivity index (χ2v) is 7.02. The summed E-state index contributed by atoms with van der Waals surface area (Å²) in [4.78, 5) is 0. The van der Waals surface area contributed by atoms with Gasteiger partial charge in [-0.1, -0.05) is 76.3 Å². The van der Waals surface area contributed by atoms with Crippen LogP contribution in [0.25, 0.3) is 0 Å². The van der Waals surface area contributed by atoms with Crippen LogP contribution >= 0.6 is 0 Å². The van der Waals surface area contributed by atoms with E-state index in [0.29, 0.717) is 0 Å². The minimum atomic E-state index is 0.798. The lowest BCUT2D eigenvalue weighted by Crippen LogP contribution is -2.08. The topological polar surface area (TPSA) is 0 Å². The third-order valence-electron chi connectivity index (χ3n) is 4.49. The lowest BCUT2D eigenvalue weighted by atomic mass is 9.87. The molecule has 0 fully saturated rings. The molecule has 0 bridgehead atoms. The van der Waals surface area contributed by atoms with Gasteiger partial charge in [-0.2, -0.15) is 0 Å². The van der Waals surface area contributed by atoms with Crippen LogP contribution in [0.2, 0.25) is 0 Å². The van der Waals surface area contributed by atoms with Crippen molar-refractivity contribution in [1.29, 1.82) is 0 Å². The van der Waals surface area contributed by atoms with Gasteiger partial charge in [0.15, 0.2) is 0 Å². The Morgan fingerprint density at radius 2 is 0.833 bits per heavy atom. The standard InChI is InChI=1S/C24H42/c1-5-7-9-11-13-15-17-19-21-24(23(3)4)22-20-18-16-14-12-10-8-6-2/h7-10,15-18,23-24H,5-6,11-14,19-22H2,1-4H3/b9-7+,10-8+,17-15+,18-16+. The Morgan fingerprint density at radius 1 is 0.500 bits per heavy atom. The number of hydrogen-bond donors (Lipinski definition) is 0. The normalized spacial score (nSPS) is 13.1. The van der Waals surface area contributed by atoms with E-state index in [2.05, 4.69) is 76.3 Å². The van der Waals surface area contributed by atoms with Crippen molar-refractivity contribution < 1.29 is 0 Å². The SMILES string of the molecule is CC/C=C/CC/C=C/CCC(CC/C=C/CC/C=C/CC)C(C)C. The van der Waals surface area contributed by atoms with Gasteiger partial charge < -0.3 is 0 Å². The lowest BCUT2D eigenvalue weighted by molar-refractivity contribution is 0.341. The molecule has 0 unspecified atom stereocenters. The fourth-order valence-electron chi connectivity index (χ4n) is 2.86. The van der Waals surface area contributed by atoms with Crippen molar-refractivity contribution in [1.82, 2.24) is 0 Å². The molecule has 0 aliphatic rings. The Hall–Kier alpha value is -1.04. The summed E-state index contributed by atoms with van der Waals surface area (Å²) in [5.41, 5.74) is 0. The Kier molecular flexibility index (Phi) is 17.5. The summed E-state index contributed by atoms with van der Waals surface area (Å²) < 4.78 is 0. The van der Waals surface area contributed by atoms with E-state index in [9.17, 15) is 0 Å². The highest BCUT2D eigenvalue weighted by atomic mass is 14.2. The molecule has 0 saturated carbocycles. The van der Waals surface area contributed by atoms with Crippen LogP contribution in [-0.2, 0) is 0 Å². The van der Waals surface area contributed by atoms with Gasteiger partial charge >= 0.3 is 0 Å². The van der Waals surface area contributed by atoms with Crippen LogP contribution in [0.1, 0.15) is 91.9 Å². The fourth-order valence-corrected chi connectivity index (χ4v) is 2.86. The van der Waals surface area contributed by atoms with Crippen LogP contribution < -0.4 is 0 Å². The molecule has 0 radical (unpaired) electrons. The summed E-state index contributed by atoms with van der Waals surface area (Å²) in [5, 5.41) is 0. The van der Waals surface area contributed by atoms with Crippen molar-refractivity contribution in [3.05, 3.63) is 48.6 Å². The predicted octanol–water partition coefficient (Wildman–Crippen LogP) is 8.42. The minimum Gasteiger partial charge on any atom is -0.0888 e. The minimum absolute atomic E-state index is 0.798. The maximum absolute atomic E-state index is 2.39. The zero-order valence-corrected chi connectivity index (χ0v) is 16.8. The Balaban J connectivity index is 3.81. The highest BCUT2D eigenvalue weighted by Crippen LogP contribution is 2.23. The molecular formula is C24H42. The van der Waals surface area contributed by atoms with Crippen LogP contribution in [0, 0.1) is 11.8 Å². The van der Waals surface area contributed by atoms with E-state index in [-0.39, 0.29) is 0 Å². The second-order valence-electron chi connectivity index (χ2n) is 7.02. The van der Waals surface area contributed by atoms with Crippen molar-refractivity contribution in [2.75, 3.05) is 0 Å². The average molecular weight is 331 g/mol. The molecule has 0 amide bonds. The molecule has 0 N–H and O–H groups in total. The van der Waals surface area contributed by atoms with Gasteiger partial charge in [0.2, 0.25) is 0 Å². The summed E-state index contributed by atoms with van der Waals surface area (Å²) >= 11 is 0. The number of rotatable bonds is 15. The smallest absolute Gasteiger partial charge is 0.0316 e. The first-order valence-corrected chi connectivity index (χ1v) is 10.3. The van der Waals surface area contributed by atoms with Gasteiger partial charge in [-0.15, -0.1) is 0 Å². The summed E-state index contributed by atoms with van der Waals surface area (Å²) in [5.74, 6) is 1.66. The van der Waals surface area contributed by atoms with Crippen molar-refractivity contribution in [3.8, 4) is 0 Å². The van der Waals surface area contributed by atoms with Crippen molar-refractivity contribution in [3.63, 3.8) is 0 Å². The van der Waals surface area contributed by atoms with E-state index in [1.54, 1.807) is 0 Å². The third-order valence-corrected chi connectivity index (χ3v) is 4.49. The molecule has 0 aliphatic carbocycles.